The number of halogens is 1. The van der Waals surface area contributed by atoms with Crippen LogP contribution in [0.2, 0.25) is 5.02 Å². The van der Waals surface area contributed by atoms with Crippen LogP contribution in [0.5, 0.6) is 11.5 Å². The number of hydrogen-bond acceptors (Lipinski definition) is 7. The highest BCUT2D eigenvalue weighted by Crippen LogP contribution is 2.25. The number of carbonyl (C=O) groups is 2. The highest BCUT2D eigenvalue weighted by Gasteiger charge is 2.20. The molecular weight excluding hydrogens is 448 g/mol. The van der Waals surface area contributed by atoms with Crippen molar-refractivity contribution in [3.05, 3.63) is 65.1 Å². The molecule has 0 saturated carbocycles. The SMILES string of the molecule is COC(=O)CN(Cc1cc(OC)cc(OC)c1)C(=O)CCc1ncc(-c2ccc(Cl)cc2)o1. The number of oxazole rings is 1. The van der Waals surface area contributed by atoms with Crippen molar-refractivity contribution in [2.75, 3.05) is 27.9 Å². The summed E-state index contributed by atoms with van der Waals surface area (Å²) in [5.41, 5.74) is 1.59. The van der Waals surface area contributed by atoms with E-state index in [-0.39, 0.29) is 31.8 Å². The Labute approximate surface area is 197 Å². The number of rotatable bonds is 10. The number of aromatic nitrogens is 1. The molecule has 0 fully saturated rings. The lowest BCUT2D eigenvalue weighted by atomic mass is 10.1. The number of amides is 1. The molecule has 2 aromatic carbocycles. The highest BCUT2D eigenvalue weighted by molar-refractivity contribution is 6.30. The van der Waals surface area contributed by atoms with Crippen molar-refractivity contribution in [3.8, 4) is 22.8 Å². The second-order valence-corrected chi connectivity index (χ2v) is 7.61. The van der Waals surface area contributed by atoms with Crippen molar-refractivity contribution >= 4 is 23.5 Å². The van der Waals surface area contributed by atoms with E-state index in [2.05, 4.69) is 4.98 Å². The number of ether oxygens (including phenoxy) is 3. The molecule has 1 heterocycles. The summed E-state index contributed by atoms with van der Waals surface area (Å²) in [5, 5.41) is 0.628. The Kier molecular flexibility index (Phi) is 8.32. The van der Waals surface area contributed by atoms with Gasteiger partial charge in [0.2, 0.25) is 5.91 Å². The molecule has 0 bridgehead atoms. The van der Waals surface area contributed by atoms with Crippen molar-refractivity contribution in [3.63, 3.8) is 0 Å². The third-order valence-electron chi connectivity index (χ3n) is 4.92. The van der Waals surface area contributed by atoms with Crippen molar-refractivity contribution < 1.29 is 28.2 Å². The molecule has 3 rings (SSSR count). The molecule has 0 radical (unpaired) electrons. The molecule has 33 heavy (non-hydrogen) atoms. The van der Waals surface area contributed by atoms with E-state index in [1.54, 1.807) is 50.7 Å². The van der Waals surface area contributed by atoms with E-state index in [0.29, 0.717) is 28.2 Å². The lowest BCUT2D eigenvalue weighted by molar-refractivity contribution is -0.147. The Balaban J connectivity index is 1.69. The molecule has 0 aliphatic heterocycles. The highest BCUT2D eigenvalue weighted by atomic mass is 35.5. The van der Waals surface area contributed by atoms with Gasteiger partial charge in [0.15, 0.2) is 11.7 Å². The zero-order chi connectivity index (χ0) is 23.8. The largest absolute Gasteiger partial charge is 0.497 e. The van der Waals surface area contributed by atoms with Gasteiger partial charge in [0.1, 0.15) is 18.0 Å². The van der Waals surface area contributed by atoms with Crippen LogP contribution in [-0.4, -0.2) is 49.6 Å². The van der Waals surface area contributed by atoms with E-state index >= 15 is 0 Å². The number of benzene rings is 2. The molecule has 0 N–H and O–H groups in total. The van der Waals surface area contributed by atoms with Crippen LogP contribution in [0.15, 0.2) is 53.1 Å². The summed E-state index contributed by atoms with van der Waals surface area (Å²) in [5.74, 6) is 1.43. The lowest BCUT2D eigenvalue weighted by Gasteiger charge is -2.22. The van der Waals surface area contributed by atoms with E-state index in [1.807, 2.05) is 12.1 Å². The standard InChI is InChI=1S/C24H25ClN2O6/c1-30-19-10-16(11-20(12-19)31-2)14-27(15-24(29)32-3)23(28)9-8-22-26-13-21(33-22)17-4-6-18(25)7-5-17/h4-7,10-13H,8-9,14-15H2,1-3H3. The fourth-order valence-electron chi connectivity index (χ4n) is 3.18. The number of hydrogen-bond donors (Lipinski definition) is 0. The second kappa shape index (κ2) is 11.4. The summed E-state index contributed by atoms with van der Waals surface area (Å²) in [4.78, 5) is 30.6. The first-order chi connectivity index (χ1) is 15.9. The van der Waals surface area contributed by atoms with E-state index in [1.165, 1.54) is 12.0 Å². The van der Waals surface area contributed by atoms with E-state index < -0.39 is 5.97 Å². The third kappa shape index (κ3) is 6.73. The first kappa shape index (κ1) is 24.1. The number of nitrogens with zero attached hydrogens (tertiary/aromatic N) is 2. The average molecular weight is 473 g/mol. The molecule has 8 nitrogen and oxygen atoms in total. The van der Waals surface area contributed by atoms with Crippen molar-refractivity contribution in [2.24, 2.45) is 0 Å². The number of esters is 1. The van der Waals surface area contributed by atoms with Gasteiger partial charge in [-0.25, -0.2) is 4.98 Å². The first-order valence-electron chi connectivity index (χ1n) is 10.2. The van der Waals surface area contributed by atoms with Gasteiger partial charge >= 0.3 is 5.97 Å². The Hall–Kier alpha value is -3.52. The first-order valence-corrected chi connectivity index (χ1v) is 10.6. The van der Waals surface area contributed by atoms with Crippen LogP contribution < -0.4 is 9.47 Å². The van der Waals surface area contributed by atoms with Crippen molar-refractivity contribution in [2.45, 2.75) is 19.4 Å². The number of carbonyl (C=O) groups excluding carboxylic acids is 2. The monoisotopic (exact) mass is 472 g/mol. The van der Waals surface area contributed by atoms with Crippen LogP contribution in [-0.2, 0) is 27.3 Å². The summed E-state index contributed by atoms with van der Waals surface area (Å²) in [7, 11) is 4.37. The maximum atomic E-state index is 13.0. The maximum Gasteiger partial charge on any atom is 0.325 e. The molecule has 9 heteroatoms. The van der Waals surface area contributed by atoms with Crippen LogP contribution in [0.25, 0.3) is 11.3 Å². The molecule has 1 aromatic heterocycles. The predicted molar refractivity (Wildman–Crippen MR) is 122 cm³/mol. The molecule has 0 unspecified atom stereocenters. The van der Waals surface area contributed by atoms with Crippen LogP contribution in [0, 0.1) is 0 Å². The minimum Gasteiger partial charge on any atom is -0.497 e. The quantitative estimate of drug-likeness (QED) is 0.409. The fraction of sp³-hybridized carbons (Fsp3) is 0.292. The minimum atomic E-state index is -0.514. The smallest absolute Gasteiger partial charge is 0.325 e. The Morgan fingerprint density at radius 1 is 1.03 bits per heavy atom. The molecule has 1 amide bonds. The summed E-state index contributed by atoms with van der Waals surface area (Å²) in [6, 6.07) is 12.5. The molecule has 0 aliphatic carbocycles. The number of methoxy groups -OCH3 is 3. The van der Waals surface area contributed by atoms with Gasteiger partial charge in [-0.3, -0.25) is 9.59 Å². The predicted octanol–water partition coefficient (Wildman–Crippen LogP) is 4.15. The molecule has 3 aromatic rings. The maximum absolute atomic E-state index is 13.0. The summed E-state index contributed by atoms with van der Waals surface area (Å²) in [6.45, 7) is -0.000429. The molecule has 174 valence electrons. The number of aryl methyl sites for hydroxylation is 1. The van der Waals surface area contributed by atoms with Gasteiger partial charge in [0.05, 0.1) is 27.5 Å². The van der Waals surface area contributed by atoms with Gasteiger partial charge in [-0.1, -0.05) is 11.6 Å². The summed E-state index contributed by atoms with van der Waals surface area (Å²) < 4.78 is 21.1. The van der Waals surface area contributed by atoms with Crippen molar-refractivity contribution in [1.82, 2.24) is 9.88 Å². The van der Waals surface area contributed by atoms with E-state index in [4.69, 9.17) is 30.2 Å². The summed E-state index contributed by atoms with van der Waals surface area (Å²) >= 11 is 5.92. The van der Waals surface area contributed by atoms with Gasteiger partial charge in [0.25, 0.3) is 0 Å². The van der Waals surface area contributed by atoms with Crippen LogP contribution >= 0.6 is 11.6 Å². The van der Waals surface area contributed by atoms with E-state index in [9.17, 15) is 9.59 Å². The lowest BCUT2D eigenvalue weighted by Crippen LogP contribution is -2.36. The zero-order valence-corrected chi connectivity index (χ0v) is 19.4. The minimum absolute atomic E-state index is 0.110. The van der Waals surface area contributed by atoms with Gasteiger partial charge < -0.3 is 23.5 Å². The van der Waals surface area contributed by atoms with Crippen LogP contribution in [0.4, 0.5) is 0 Å². The van der Waals surface area contributed by atoms with Crippen LogP contribution in [0.1, 0.15) is 17.9 Å². The van der Waals surface area contributed by atoms with Crippen LogP contribution in [0.3, 0.4) is 0 Å². The summed E-state index contributed by atoms with van der Waals surface area (Å²) in [6.07, 6.45) is 2.00. The van der Waals surface area contributed by atoms with Gasteiger partial charge in [-0.15, -0.1) is 0 Å². The Morgan fingerprint density at radius 2 is 1.70 bits per heavy atom. The Bertz CT molecular complexity index is 1070. The molecule has 0 atom stereocenters. The van der Waals surface area contributed by atoms with Crippen molar-refractivity contribution in [1.29, 1.82) is 0 Å². The topological polar surface area (TPSA) is 91.1 Å². The third-order valence-corrected chi connectivity index (χ3v) is 5.17. The van der Waals surface area contributed by atoms with Gasteiger partial charge in [-0.05, 0) is 42.0 Å². The normalized spacial score (nSPS) is 10.5. The molecule has 0 saturated heterocycles. The molecule has 0 spiro atoms. The van der Waals surface area contributed by atoms with Gasteiger partial charge in [-0.2, -0.15) is 0 Å². The fourth-order valence-corrected chi connectivity index (χ4v) is 3.30. The van der Waals surface area contributed by atoms with Gasteiger partial charge in [0, 0.05) is 36.0 Å². The zero-order valence-electron chi connectivity index (χ0n) is 18.7. The molecular formula is C24H25ClN2O6. The average Bonchev–Trinajstić information content (AvgIpc) is 3.31. The molecule has 0 aliphatic rings. The Morgan fingerprint density at radius 3 is 2.30 bits per heavy atom. The second-order valence-electron chi connectivity index (χ2n) is 7.17. The van der Waals surface area contributed by atoms with E-state index in [0.717, 1.165) is 11.1 Å².